The monoisotopic (exact) mass is 297 g/mol. The van der Waals surface area contributed by atoms with E-state index in [-0.39, 0.29) is 5.91 Å². The Hall–Kier alpha value is -2.29. The third-order valence-electron chi connectivity index (χ3n) is 3.78. The number of ether oxygens (including phenoxy) is 1. The van der Waals surface area contributed by atoms with Crippen LogP contribution < -0.4 is 10.1 Å². The number of carbonyl (C=O) groups excluding carboxylic acids is 1. The van der Waals surface area contributed by atoms with Gasteiger partial charge in [-0.25, -0.2) is 0 Å². The summed E-state index contributed by atoms with van der Waals surface area (Å²) in [5.74, 6) is 1.07. The summed E-state index contributed by atoms with van der Waals surface area (Å²) in [5, 5.41) is 2.88. The Morgan fingerprint density at radius 2 is 1.68 bits per heavy atom. The number of benzene rings is 2. The standard InChI is InChI=1S/C19H23NO2/c1-4-14(2)16-10-12-17(13-11-16)20-19(21)15(3)22-18-8-6-5-7-9-18/h5-15H,4H2,1-3H3,(H,20,21)/t14-,15+/m1/s1. The van der Waals surface area contributed by atoms with Crippen LogP contribution >= 0.6 is 0 Å². The van der Waals surface area contributed by atoms with Crippen molar-refractivity contribution in [2.45, 2.75) is 39.2 Å². The molecule has 0 saturated heterocycles. The average molecular weight is 297 g/mol. The minimum absolute atomic E-state index is 0.153. The number of rotatable bonds is 6. The van der Waals surface area contributed by atoms with E-state index < -0.39 is 6.10 Å². The molecule has 2 atom stereocenters. The molecule has 2 aromatic rings. The zero-order valence-corrected chi connectivity index (χ0v) is 13.4. The van der Waals surface area contributed by atoms with Crippen LogP contribution in [0.2, 0.25) is 0 Å². The molecule has 0 unspecified atom stereocenters. The fourth-order valence-corrected chi connectivity index (χ4v) is 2.13. The van der Waals surface area contributed by atoms with Crippen LogP contribution in [0.15, 0.2) is 54.6 Å². The topological polar surface area (TPSA) is 38.3 Å². The maximum Gasteiger partial charge on any atom is 0.265 e. The molecule has 0 spiro atoms. The van der Waals surface area contributed by atoms with E-state index in [4.69, 9.17) is 4.74 Å². The van der Waals surface area contributed by atoms with Gasteiger partial charge in [-0.2, -0.15) is 0 Å². The van der Waals surface area contributed by atoms with Crippen LogP contribution in [0.4, 0.5) is 5.69 Å². The first kappa shape index (κ1) is 16.1. The molecular formula is C19H23NO2. The third kappa shape index (κ3) is 4.35. The summed E-state index contributed by atoms with van der Waals surface area (Å²) in [6.45, 7) is 6.11. The highest BCUT2D eigenvalue weighted by Crippen LogP contribution is 2.20. The molecule has 3 nitrogen and oxygen atoms in total. The Balaban J connectivity index is 1.93. The quantitative estimate of drug-likeness (QED) is 0.845. The summed E-state index contributed by atoms with van der Waals surface area (Å²) >= 11 is 0. The Bertz CT molecular complexity index is 593. The molecule has 0 saturated carbocycles. The van der Waals surface area contributed by atoms with Gasteiger partial charge in [-0.3, -0.25) is 4.79 Å². The molecule has 2 aromatic carbocycles. The first-order chi connectivity index (χ1) is 10.6. The highest BCUT2D eigenvalue weighted by molar-refractivity contribution is 5.94. The van der Waals surface area contributed by atoms with Gasteiger partial charge < -0.3 is 10.1 Å². The Labute approximate surface area is 132 Å². The number of anilines is 1. The minimum Gasteiger partial charge on any atom is -0.481 e. The molecule has 1 amide bonds. The van der Waals surface area contributed by atoms with Crippen LogP contribution in [0.5, 0.6) is 5.75 Å². The number of para-hydroxylation sites is 1. The molecule has 0 heterocycles. The van der Waals surface area contributed by atoms with Crippen LogP contribution in [0.3, 0.4) is 0 Å². The van der Waals surface area contributed by atoms with Crippen LogP contribution in [0.1, 0.15) is 38.7 Å². The SMILES string of the molecule is CC[C@@H](C)c1ccc(NC(=O)[C@H](C)Oc2ccccc2)cc1. The number of hydrogen-bond donors (Lipinski definition) is 1. The lowest BCUT2D eigenvalue weighted by Gasteiger charge is -2.15. The van der Waals surface area contributed by atoms with Crippen molar-refractivity contribution in [3.8, 4) is 5.75 Å². The third-order valence-corrected chi connectivity index (χ3v) is 3.78. The zero-order valence-electron chi connectivity index (χ0n) is 13.4. The Kier molecular flexibility index (Phi) is 5.59. The van der Waals surface area contributed by atoms with E-state index in [2.05, 4.69) is 31.3 Å². The van der Waals surface area contributed by atoms with Crippen molar-refractivity contribution < 1.29 is 9.53 Å². The van der Waals surface area contributed by atoms with E-state index in [1.165, 1.54) is 5.56 Å². The van der Waals surface area contributed by atoms with E-state index in [0.29, 0.717) is 11.7 Å². The van der Waals surface area contributed by atoms with E-state index in [1.807, 2.05) is 42.5 Å². The van der Waals surface area contributed by atoms with E-state index in [0.717, 1.165) is 12.1 Å². The normalized spacial score (nSPS) is 13.2. The molecule has 0 bridgehead atoms. The molecule has 22 heavy (non-hydrogen) atoms. The van der Waals surface area contributed by atoms with Crippen LogP contribution in [-0.4, -0.2) is 12.0 Å². The van der Waals surface area contributed by atoms with Crippen LogP contribution in [0, 0.1) is 0 Å². The summed E-state index contributed by atoms with van der Waals surface area (Å²) in [6, 6.07) is 17.4. The van der Waals surface area contributed by atoms with Crippen LogP contribution in [0.25, 0.3) is 0 Å². The lowest BCUT2D eigenvalue weighted by Crippen LogP contribution is -2.30. The van der Waals surface area contributed by atoms with Gasteiger partial charge in [0.05, 0.1) is 0 Å². The maximum absolute atomic E-state index is 12.2. The van der Waals surface area contributed by atoms with Crippen molar-refractivity contribution in [3.63, 3.8) is 0 Å². The number of carbonyl (C=O) groups is 1. The van der Waals surface area contributed by atoms with E-state index in [9.17, 15) is 4.79 Å². The van der Waals surface area contributed by atoms with Gasteiger partial charge in [0.2, 0.25) is 0 Å². The molecule has 0 fully saturated rings. The van der Waals surface area contributed by atoms with Gasteiger partial charge in [-0.1, -0.05) is 44.2 Å². The molecule has 2 rings (SSSR count). The first-order valence-corrected chi connectivity index (χ1v) is 7.72. The summed E-state index contributed by atoms with van der Waals surface area (Å²) in [6.07, 6.45) is 0.560. The van der Waals surface area contributed by atoms with Crippen molar-refractivity contribution in [1.29, 1.82) is 0 Å². The first-order valence-electron chi connectivity index (χ1n) is 7.72. The number of hydrogen-bond acceptors (Lipinski definition) is 2. The fraction of sp³-hybridized carbons (Fsp3) is 0.316. The van der Waals surface area contributed by atoms with Gasteiger partial charge in [-0.05, 0) is 49.1 Å². The lowest BCUT2D eigenvalue weighted by molar-refractivity contribution is -0.122. The molecular weight excluding hydrogens is 274 g/mol. The summed E-state index contributed by atoms with van der Waals surface area (Å²) in [7, 11) is 0. The largest absolute Gasteiger partial charge is 0.481 e. The van der Waals surface area contributed by atoms with Gasteiger partial charge in [0.25, 0.3) is 5.91 Å². The predicted molar refractivity (Wildman–Crippen MR) is 90.3 cm³/mol. The Morgan fingerprint density at radius 1 is 1.05 bits per heavy atom. The molecule has 0 aromatic heterocycles. The second-order valence-electron chi connectivity index (χ2n) is 5.49. The van der Waals surface area contributed by atoms with Crippen LogP contribution in [-0.2, 0) is 4.79 Å². The van der Waals surface area contributed by atoms with Crippen molar-refractivity contribution >= 4 is 11.6 Å². The van der Waals surface area contributed by atoms with Gasteiger partial charge in [0.15, 0.2) is 6.10 Å². The molecule has 0 aliphatic carbocycles. The Morgan fingerprint density at radius 3 is 2.27 bits per heavy atom. The molecule has 0 radical (unpaired) electrons. The predicted octanol–water partition coefficient (Wildman–Crippen LogP) is 4.61. The fourth-order valence-electron chi connectivity index (χ4n) is 2.13. The van der Waals surface area contributed by atoms with Crippen molar-refractivity contribution in [2.24, 2.45) is 0 Å². The number of nitrogens with one attached hydrogen (secondary N) is 1. The van der Waals surface area contributed by atoms with Crippen molar-refractivity contribution in [1.82, 2.24) is 0 Å². The van der Waals surface area contributed by atoms with E-state index >= 15 is 0 Å². The van der Waals surface area contributed by atoms with Gasteiger partial charge >= 0.3 is 0 Å². The van der Waals surface area contributed by atoms with Gasteiger partial charge in [0, 0.05) is 5.69 Å². The zero-order chi connectivity index (χ0) is 15.9. The highest BCUT2D eigenvalue weighted by atomic mass is 16.5. The maximum atomic E-state index is 12.2. The van der Waals surface area contributed by atoms with Gasteiger partial charge in [0.1, 0.15) is 5.75 Å². The van der Waals surface area contributed by atoms with Crippen molar-refractivity contribution in [3.05, 3.63) is 60.2 Å². The minimum atomic E-state index is -0.545. The molecule has 116 valence electrons. The average Bonchev–Trinajstić information content (AvgIpc) is 2.55. The summed E-state index contributed by atoms with van der Waals surface area (Å²) in [4.78, 5) is 12.2. The molecule has 3 heteroatoms. The summed E-state index contributed by atoms with van der Waals surface area (Å²) < 4.78 is 5.62. The molecule has 1 N–H and O–H groups in total. The van der Waals surface area contributed by atoms with Crippen molar-refractivity contribution in [2.75, 3.05) is 5.32 Å². The lowest BCUT2D eigenvalue weighted by atomic mass is 9.99. The second kappa shape index (κ2) is 7.64. The second-order valence-corrected chi connectivity index (χ2v) is 5.49. The molecule has 0 aliphatic heterocycles. The highest BCUT2D eigenvalue weighted by Gasteiger charge is 2.14. The van der Waals surface area contributed by atoms with E-state index in [1.54, 1.807) is 6.92 Å². The summed E-state index contributed by atoms with van der Waals surface area (Å²) in [5.41, 5.74) is 2.08. The molecule has 0 aliphatic rings. The van der Waals surface area contributed by atoms with Gasteiger partial charge in [-0.15, -0.1) is 0 Å². The number of amides is 1. The smallest absolute Gasteiger partial charge is 0.265 e.